The number of likely N-dealkylation sites (tertiary alicyclic amines) is 1. The van der Waals surface area contributed by atoms with E-state index in [2.05, 4.69) is 48.5 Å². The van der Waals surface area contributed by atoms with Gasteiger partial charge in [0.05, 0.1) is 25.4 Å². The standard InChI is InChI=1S/C22H37N3O2S/c1-4-23-21(24-17-22(2,3)20-9-7-15-28-20)25-12-10-18(11-13-25)27-16-19-8-5-6-14-26-19/h7,9,15,18-19H,4-6,8,10-14,16-17H2,1-3H3,(H,23,24). The van der Waals surface area contributed by atoms with Crippen LogP contribution in [0.2, 0.25) is 0 Å². The summed E-state index contributed by atoms with van der Waals surface area (Å²) in [5.41, 5.74) is 0.0657. The van der Waals surface area contributed by atoms with Crippen LogP contribution in [0.4, 0.5) is 0 Å². The van der Waals surface area contributed by atoms with Crippen LogP contribution in [0.1, 0.15) is 57.8 Å². The highest BCUT2D eigenvalue weighted by molar-refractivity contribution is 7.10. The normalized spacial score (nSPS) is 22.5. The molecule has 1 atom stereocenters. The van der Waals surface area contributed by atoms with Gasteiger partial charge in [-0.2, -0.15) is 0 Å². The first-order chi connectivity index (χ1) is 13.6. The molecule has 0 aliphatic carbocycles. The van der Waals surface area contributed by atoms with E-state index in [-0.39, 0.29) is 5.41 Å². The van der Waals surface area contributed by atoms with Gasteiger partial charge in [-0.3, -0.25) is 4.99 Å². The maximum absolute atomic E-state index is 6.16. The van der Waals surface area contributed by atoms with Crippen LogP contribution in [0.5, 0.6) is 0 Å². The average molecular weight is 408 g/mol. The third-order valence-corrected chi connectivity index (χ3v) is 6.92. The summed E-state index contributed by atoms with van der Waals surface area (Å²) in [6.07, 6.45) is 6.41. The van der Waals surface area contributed by atoms with Crippen LogP contribution in [0.3, 0.4) is 0 Å². The van der Waals surface area contributed by atoms with Crippen LogP contribution >= 0.6 is 11.3 Å². The Hall–Kier alpha value is -1.11. The molecule has 0 aromatic carbocycles. The zero-order valence-corrected chi connectivity index (χ0v) is 18.6. The quantitative estimate of drug-likeness (QED) is 0.547. The second-order valence-electron chi connectivity index (χ2n) is 8.54. The molecule has 5 nitrogen and oxygen atoms in total. The minimum atomic E-state index is 0.0657. The van der Waals surface area contributed by atoms with E-state index in [1.807, 2.05) is 11.3 Å². The van der Waals surface area contributed by atoms with Crippen LogP contribution in [-0.2, 0) is 14.9 Å². The van der Waals surface area contributed by atoms with E-state index in [9.17, 15) is 0 Å². The van der Waals surface area contributed by atoms with Crippen molar-refractivity contribution in [1.29, 1.82) is 0 Å². The molecule has 2 saturated heterocycles. The van der Waals surface area contributed by atoms with Crippen LogP contribution in [0.25, 0.3) is 0 Å². The van der Waals surface area contributed by atoms with Gasteiger partial charge >= 0.3 is 0 Å². The van der Waals surface area contributed by atoms with E-state index < -0.39 is 0 Å². The SMILES string of the molecule is CCNC(=NCC(C)(C)c1cccs1)N1CCC(OCC2CCCCO2)CC1. The van der Waals surface area contributed by atoms with Crippen molar-refractivity contribution in [3.63, 3.8) is 0 Å². The molecule has 0 amide bonds. The molecule has 0 spiro atoms. The first-order valence-corrected chi connectivity index (χ1v) is 11.8. The van der Waals surface area contributed by atoms with Gasteiger partial charge < -0.3 is 19.7 Å². The lowest BCUT2D eigenvalue weighted by molar-refractivity contribution is -0.0721. The molecule has 1 aromatic rings. The molecule has 2 aliphatic rings. The van der Waals surface area contributed by atoms with Crippen molar-refractivity contribution in [2.24, 2.45) is 4.99 Å². The van der Waals surface area contributed by atoms with E-state index in [1.165, 1.54) is 17.7 Å². The van der Waals surface area contributed by atoms with Crippen LogP contribution < -0.4 is 5.32 Å². The maximum Gasteiger partial charge on any atom is 0.193 e. The summed E-state index contributed by atoms with van der Waals surface area (Å²) < 4.78 is 12.0. The van der Waals surface area contributed by atoms with Gasteiger partial charge in [-0.1, -0.05) is 19.9 Å². The molecular formula is C22H37N3O2S. The van der Waals surface area contributed by atoms with Crippen molar-refractivity contribution < 1.29 is 9.47 Å². The number of aliphatic imine (C=N–C) groups is 1. The Balaban J connectivity index is 1.48. The summed E-state index contributed by atoms with van der Waals surface area (Å²) in [5, 5.41) is 5.64. The van der Waals surface area contributed by atoms with Crippen LogP contribution in [0.15, 0.2) is 22.5 Å². The number of hydrogen-bond acceptors (Lipinski definition) is 4. The number of nitrogens with one attached hydrogen (secondary N) is 1. The number of piperidine rings is 1. The molecule has 1 N–H and O–H groups in total. The molecule has 0 radical (unpaired) electrons. The van der Waals surface area contributed by atoms with Gasteiger partial charge in [0.25, 0.3) is 0 Å². The van der Waals surface area contributed by atoms with Gasteiger partial charge in [-0.25, -0.2) is 0 Å². The predicted molar refractivity (Wildman–Crippen MR) is 117 cm³/mol. The fraction of sp³-hybridized carbons (Fsp3) is 0.773. The number of guanidine groups is 1. The third kappa shape index (κ3) is 6.19. The van der Waals surface area contributed by atoms with Crippen LogP contribution in [0, 0.1) is 0 Å². The zero-order chi connectivity index (χ0) is 19.8. The monoisotopic (exact) mass is 407 g/mol. The summed E-state index contributed by atoms with van der Waals surface area (Å²) in [6, 6.07) is 4.34. The van der Waals surface area contributed by atoms with Crippen LogP contribution in [-0.4, -0.2) is 62.5 Å². The number of hydrogen-bond donors (Lipinski definition) is 1. The highest BCUT2D eigenvalue weighted by Gasteiger charge is 2.25. The number of ether oxygens (including phenoxy) is 2. The minimum Gasteiger partial charge on any atom is -0.376 e. The van der Waals surface area contributed by atoms with E-state index in [0.29, 0.717) is 12.2 Å². The molecule has 6 heteroatoms. The van der Waals surface area contributed by atoms with Crippen molar-refractivity contribution >= 4 is 17.3 Å². The molecule has 0 saturated carbocycles. The van der Waals surface area contributed by atoms with E-state index in [1.54, 1.807) is 0 Å². The average Bonchev–Trinajstić information content (AvgIpc) is 3.27. The first kappa shape index (κ1) is 21.6. The summed E-state index contributed by atoms with van der Waals surface area (Å²) in [6.45, 7) is 12.0. The zero-order valence-electron chi connectivity index (χ0n) is 17.8. The van der Waals surface area contributed by atoms with Crippen molar-refractivity contribution in [2.75, 3.05) is 39.4 Å². The molecule has 1 unspecified atom stereocenters. The first-order valence-electron chi connectivity index (χ1n) is 10.9. The molecule has 2 aliphatic heterocycles. The van der Waals surface area contributed by atoms with Gasteiger partial charge in [0.2, 0.25) is 0 Å². The highest BCUT2D eigenvalue weighted by atomic mass is 32.1. The molecule has 2 fully saturated rings. The Labute approximate surface area is 174 Å². The summed E-state index contributed by atoms with van der Waals surface area (Å²) >= 11 is 1.82. The van der Waals surface area contributed by atoms with Gasteiger partial charge in [0, 0.05) is 36.5 Å². The van der Waals surface area contributed by atoms with Crippen molar-refractivity contribution in [3.05, 3.63) is 22.4 Å². The molecule has 1 aromatic heterocycles. The third-order valence-electron chi connectivity index (χ3n) is 5.68. The van der Waals surface area contributed by atoms with Gasteiger partial charge in [0.1, 0.15) is 0 Å². The van der Waals surface area contributed by atoms with E-state index >= 15 is 0 Å². The Morgan fingerprint density at radius 2 is 2.14 bits per heavy atom. The van der Waals surface area contributed by atoms with Gasteiger partial charge in [-0.15, -0.1) is 11.3 Å². The van der Waals surface area contributed by atoms with Crippen molar-refractivity contribution in [1.82, 2.24) is 10.2 Å². The van der Waals surface area contributed by atoms with Gasteiger partial charge in [0.15, 0.2) is 5.96 Å². The smallest absolute Gasteiger partial charge is 0.193 e. The van der Waals surface area contributed by atoms with Crippen molar-refractivity contribution in [3.8, 4) is 0 Å². The number of thiophene rings is 1. The molecule has 3 heterocycles. The molecule has 0 bridgehead atoms. The summed E-state index contributed by atoms with van der Waals surface area (Å²) in [4.78, 5) is 8.77. The minimum absolute atomic E-state index is 0.0657. The Morgan fingerprint density at radius 1 is 1.32 bits per heavy atom. The fourth-order valence-electron chi connectivity index (χ4n) is 3.86. The molecule has 158 valence electrons. The lowest BCUT2D eigenvalue weighted by Gasteiger charge is -2.35. The summed E-state index contributed by atoms with van der Waals surface area (Å²) in [7, 11) is 0. The lowest BCUT2D eigenvalue weighted by Crippen LogP contribution is -2.47. The number of rotatable bonds is 7. The molecule has 3 rings (SSSR count). The lowest BCUT2D eigenvalue weighted by atomic mass is 9.92. The Bertz CT molecular complexity index is 589. The topological polar surface area (TPSA) is 46.1 Å². The summed E-state index contributed by atoms with van der Waals surface area (Å²) in [5.74, 6) is 1.04. The van der Waals surface area contributed by atoms with Gasteiger partial charge in [-0.05, 0) is 50.5 Å². The second kappa shape index (κ2) is 10.6. The second-order valence-corrected chi connectivity index (χ2v) is 9.49. The number of nitrogens with zero attached hydrogens (tertiary/aromatic N) is 2. The highest BCUT2D eigenvalue weighted by Crippen LogP contribution is 2.28. The molecular weight excluding hydrogens is 370 g/mol. The molecule has 28 heavy (non-hydrogen) atoms. The van der Waals surface area contributed by atoms with Crippen molar-refractivity contribution in [2.45, 2.75) is 70.5 Å². The van der Waals surface area contributed by atoms with E-state index in [0.717, 1.165) is 64.6 Å². The fourth-order valence-corrected chi connectivity index (χ4v) is 4.70. The largest absolute Gasteiger partial charge is 0.376 e. The Kier molecular flexibility index (Phi) is 8.18. The Morgan fingerprint density at radius 3 is 2.79 bits per heavy atom. The predicted octanol–water partition coefficient (Wildman–Crippen LogP) is 4.04. The van der Waals surface area contributed by atoms with E-state index in [4.69, 9.17) is 14.5 Å². The maximum atomic E-state index is 6.16.